The van der Waals surface area contributed by atoms with Crippen molar-refractivity contribution in [3.63, 3.8) is 0 Å². The standard InChI is InChI=1S/C8H6Cl3FO2/c9-8(10,11)14-7-4-2-1-3-6(7)13-5-12/h1-4H,5H2. The summed E-state index contributed by atoms with van der Waals surface area (Å²) in [4.78, 5) is 0. The van der Waals surface area contributed by atoms with Gasteiger partial charge in [0.05, 0.1) is 0 Å². The van der Waals surface area contributed by atoms with Crippen molar-refractivity contribution in [2.45, 2.75) is 3.98 Å². The third-order valence-electron chi connectivity index (χ3n) is 1.28. The maximum absolute atomic E-state index is 11.9. The summed E-state index contributed by atoms with van der Waals surface area (Å²) in [7, 11) is 0. The molecule has 0 aromatic heterocycles. The third kappa shape index (κ3) is 3.78. The molecule has 0 spiro atoms. The van der Waals surface area contributed by atoms with Gasteiger partial charge in [-0.25, -0.2) is 4.39 Å². The summed E-state index contributed by atoms with van der Waals surface area (Å²) in [6, 6.07) is 6.31. The second kappa shape index (κ2) is 4.91. The summed E-state index contributed by atoms with van der Waals surface area (Å²) in [5.41, 5.74) is 0. The Kier molecular flexibility index (Phi) is 4.11. The van der Waals surface area contributed by atoms with Gasteiger partial charge in [0.15, 0.2) is 11.5 Å². The highest BCUT2D eigenvalue weighted by molar-refractivity contribution is 6.66. The molecule has 0 bridgehead atoms. The lowest BCUT2D eigenvalue weighted by atomic mass is 10.3. The van der Waals surface area contributed by atoms with Crippen LogP contribution in [0.5, 0.6) is 11.5 Å². The molecule has 0 saturated carbocycles. The van der Waals surface area contributed by atoms with E-state index >= 15 is 0 Å². The van der Waals surface area contributed by atoms with Crippen LogP contribution >= 0.6 is 34.8 Å². The van der Waals surface area contributed by atoms with E-state index in [2.05, 4.69) is 4.74 Å². The topological polar surface area (TPSA) is 18.5 Å². The normalized spacial score (nSPS) is 11.1. The van der Waals surface area contributed by atoms with Crippen molar-refractivity contribution in [1.29, 1.82) is 0 Å². The number of benzene rings is 1. The molecule has 0 saturated heterocycles. The van der Waals surface area contributed by atoms with E-state index in [4.69, 9.17) is 39.5 Å². The molecule has 1 aromatic carbocycles. The van der Waals surface area contributed by atoms with Crippen molar-refractivity contribution in [2.24, 2.45) is 0 Å². The van der Waals surface area contributed by atoms with Gasteiger partial charge >= 0.3 is 3.98 Å². The van der Waals surface area contributed by atoms with Crippen molar-refractivity contribution in [1.82, 2.24) is 0 Å². The van der Waals surface area contributed by atoms with E-state index in [1.807, 2.05) is 0 Å². The summed E-state index contributed by atoms with van der Waals surface area (Å²) in [5, 5.41) is 0. The molecule has 0 amide bonds. The molecule has 0 unspecified atom stereocenters. The van der Waals surface area contributed by atoms with Crippen LogP contribution in [0.2, 0.25) is 0 Å². The number of hydrogen-bond donors (Lipinski definition) is 0. The van der Waals surface area contributed by atoms with Crippen LogP contribution in [-0.4, -0.2) is 10.8 Å². The SMILES string of the molecule is FCOc1ccccc1OC(Cl)(Cl)Cl. The molecule has 6 heteroatoms. The quantitative estimate of drug-likeness (QED) is 0.771. The van der Waals surface area contributed by atoms with Crippen LogP contribution in [0.1, 0.15) is 0 Å². The van der Waals surface area contributed by atoms with Crippen molar-refractivity contribution in [3.8, 4) is 11.5 Å². The van der Waals surface area contributed by atoms with Crippen LogP contribution in [0.15, 0.2) is 24.3 Å². The Balaban J connectivity index is 2.84. The Morgan fingerprint density at radius 3 is 2.21 bits per heavy atom. The molecule has 0 radical (unpaired) electrons. The highest BCUT2D eigenvalue weighted by Crippen LogP contribution is 2.35. The maximum Gasteiger partial charge on any atom is 0.338 e. The number of ether oxygens (including phenoxy) is 2. The lowest BCUT2D eigenvalue weighted by Crippen LogP contribution is -2.13. The van der Waals surface area contributed by atoms with Gasteiger partial charge in [0.1, 0.15) is 0 Å². The molecule has 0 heterocycles. The van der Waals surface area contributed by atoms with Crippen LogP contribution in [0, 0.1) is 0 Å². The molecule has 0 aliphatic carbocycles. The molecule has 14 heavy (non-hydrogen) atoms. The van der Waals surface area contributed by atoms with Crippen molar-refractivity contribution < 1.29 is 13.9 Å². The summed E-state index contributed by atoms with van der Waals surface area (Å²) in [6.07, 6.45) is 0. The number of halogens is 4. The van der Waals surface area contributed by atoms with Crippen LogP contribution in [0.3, 0.4) is 0 Å². The molecular formula is C8H6Cl3FO2. The lowest BCUT2D eigenvalue weighted by Gasteiger charge is -2.15. The van der Waals surface area contributed by atoms with Gasteiger partial charge in [-0.1, -0.05) is 12.1 Å². The summed E-state index contributed by atoms with van der Waals surface area (Å²) in [5.74, 6) is 0.353. The molecule has 2 nitrogen and oxygen atoms in total. The van der Waals surface area contributed by atoms with Crippen LogP contribution in [-0.2, 0) is 0 Å². The minimum Gasteiger partial charge on any atom is -0.459 e. The lowest BCUT2D eigenvalue weighted by molar-refractivity contribution is 0.180. The van der Waals surface area contributed by atoms with Gasteiger partial charge < -0.3 is 9.47 Å². The third-order valence-corrected chi connectivity index (χ3v) is 1.52. The van der Waals surface area contributed by atoms with E-state index in [0.29, 0.717) is 0 Å². The van der Waals surface area contributed by atoms with E-state index in [1.54, 1.807) is 12.1 Å². The largest absolute Gasteiger partial charge is 0.459 e. The van der Waals surface area contributed by atoms with E-state index in [1.165, 1.54) is 12.1 Å². The van der Waals surface area contributed by atoms with Gasteiger partial charge in [-0.15, -0.1) is 0 Å². The van der Waals surface area contributed by atoms with Gasteiger partial charge in [0.2, 0.25) is 6.86 Å². The summed E-state index contributed by atoms with van der Waals surface area (Å²) < 4.78 is 19.5. The van der Waals surface area contributed by atoms with Crippen molar-refractivity contribution in [3.05, 3.63) is 24.3 Å². The monoisotopic (exact) mass is 258 g/mol. The van der Waals surface area contributed by atoms with Gasteiger partial charge in [0, 0.05) is 0 Å². The smallest absolute Gasteiger partial charge is 0.338 e. The van der Waals surface area contributed by atoms with Crippen molar-refractivity contribution in [2.75, 3.05) is 6.86 Å². The minimum absolute atomic E-state index is 0.171. The van der Waals surface area contributed by atoms with Crippen LogP contribution in [0.25, 0.3) is 0 Å². The fraction of sp³-hybridized carbons (Fsp3) is 0.250. The second-order valence-electron chi connectivity index (χ2n) is 2.25. The van der Waals surface area contributed by atoms with E-state index in [-0.39, 0.29) is 11.5 Å². The first kappa shape index (κ1) is 11.7. The fourth-order valence-electron chi connectivity index (χ4n) is 0.837. The Hall–Kier alpha value is -0.380. The van der Waals surface area contributed by atoms with Gasteiger partial charge in [-0.3, -0.25) is 0 Å². The predicted octanol–water partition coefficient (Wildman–Crippen LogP) is 3.70. The second-order valence-corrected chi connectivity index (χ2v) is 4.43. The van der Waals surface area contributed by atoms with Gasteiger partial charge in [-0.2, -0.15) is 0 Å². The average Bonchev–Trinajstić information content (AvgIpc) is 2.06. The predicted molar refractivity (Wildman–Crippen MR) is 54.0 cm³/mol. The van der Waals surface area contributed by atoms with Crippen LogP contribution < -0.4 is 9.47 Å². The molecule has 1 rings (SSSR count). The van der Waals surface area contributed by atoms with E-state index in [0.717, 1.165) is 0 Å². The Morgan fingerprint density at radius 1 is 1.14 bits per heavy atom. The zero-order valence-electron chi connectivity index (χ0n) is 6.84. The first-order valence-corrected chi connectivity index (χ1v) is 4.70. The average molecular weight is 259 g/mol. The van der Waals surface area contributed by atoms with E-state index in [9.17, 15) is 4.39 Å². The Labute approximate surface area is 95.5 Å². The molecular weight excluding hydrogens is 253 g/mol. The first-order chi connectivity index (χ1) is 6.53. The zero-order valence-corrected chi connectivity index (χ0v) is 9.11. The number of hydrogen-bond acceptors (Lipinski definition) is 2. The number of alkyl halides is 4. The molecule has 0 aliphatic heterocycles. The Morgan fingerprint density at radius 2 is 1.71 bits per heavy atom. The van der Waals surface area contributed by atoms with Gasteiger partial charge in [-0.05, 0) is 46.9 Å². The molecule has 78 valence electrons. The van der Waals surface area contributed by atoms with Crippen molar-refractivity contribution >= 4 is 34.8 Å². The van der Waals surface area contributed by atoms with Gasteiger partial charge in [0.25, 0.3) is 0 Å². The molecule has 0 aliphatic rings. The zero-order chi connectivity index (χ0) is 10.6. The summed E-state index contributed by atoms with van der Waals surface area (Å²) in [6.45, 7) is -0.972. The highest BCUT2D eigenvalue weighted by Gasteiger charge is 2.23. The molecule has 0 fully saturated rings. The number of para-hydroxylation sites is 2. The minimum atomic E-state index is -1.89. The maximum atomic E-state index is 11.9. The van der Waals surface area contributed by atoms with Crippen LogP contribution in [0.4, 0.5) is 4.39 Å². The highest BCUT2D eigenvalue weighted by atomic mass is 35.6. The van der Waals surface area contributed by atoms with E-state index < -0.39 is 10.8 Å². The summed E-state index contributed by atoms with van der Waals surface area (Å²) >= 11 is 16.2. The Bertz CT molecular complexity index is 301. The fourth-order valence-corrected chi connectivity index (χ4v) is 1.09. The molecule has 0 atom stereocenters. The molecule has 1 aromatic rings. The molecule has 0 N–H and O–H groups in total. The first-order valence-electron chi connectivity index (χ1n) is 3.56. The number of rotatable bonds is 3.